The van der Waals surface area contributed by atoms with Crippen molar-refractivity contribution in [3.8, 4) is 22.8 Å². The second-order valence-corrected chi connectivity index (χ2v) is 20.0. The quantitative estimate of drug-likeness (QED) is 0.111. The number of H-pyrrole nitrogens is 1. The summed E-state index contributed by atoms with van der Waals surface area (Å²) >= 11 is 3.57. The molecule has 2 saturated heterocycles. The number of para-hydroxylation sites is 1. The molecule has 3 aromatic carbocycles. The highest BCUT2D eigenvalue weighted by Crippen LogP contribution is 2.36. The minimum Gasteiger partial charge on any atom is -0.457 e. The third kappa shape index (κ3) is 8.65. The van der Waals surface area contributed by atoms with Crippen LogP contribution >= 0.6 is 15.9 Å². The maximum atomic E-state index is 14.1. The number of nitrogens with two attached hydrogens (primary N) is 1. The zero-order valence-electron chi connectivity index (χ0n) is 37.5. The summed E-state index contributed by atoms with van der Waals surface area (Å²) in [4.78, 5) is 43.7. The molecule has 0 bridgehead atoms. The highest BCUT2D eigenvalue weighted by Gasteiger charge is 2.38. The first-order valence-electron chi connectivity index (χ1n) is 22.1. The van der Waals surface area contributed by atoms with E-state index in [1.54, 1.807) is 20.3 Å². The zero-order valence-corrected chi connectivity index (χ0v) is 39.9. The summed E-state index contributed by atoms with van der Waals surface area (Å²) in [5, 5.41) is 13.4. The van der Waals surface area contributed by atoms with Gasteiger partial charge in [-0.25, -0.2) is 32.8 Å². The van der Waals surface area contributed by atoms with Crippen LogP contribution in [-0.2, 0) is 21.3 Å². The summed E-state index contributed by atoms with van der Waals surface area (Å²) in [5.74, 6) is 3.27. The Bertz CT molecular complexity index is 3300. The molecule has 0 aliphatic carbocycles. The number of amides is 1. The molecule has 10 rings (SSSR count). The lowest BCUT2D eigenvalue weighted by atomic mass is 10.1. The monoisotopic (exact) mass is 1000 g/mol. The number of aromatic nitrogens is 10. The van der Waals surface area contributed by atoms with Gasteiger partial charge in [0.2, 0.25) is 21.9 Å². The smallest absolute Gasteiger partial charge is 0.410 e. The molecule has 5 aromatic heterocycles. The Kier molecular flexibility index (Phi) is 11.9. The second-order valence-electron chi connectivity index (χ2n) is 17.1. The van der Waals surface area contributed by atoms with Crippen molar-refractivity contribution in [2.75, 3.05) is 48.7 Å². The van der Waals surface area contributed by atoms with Crippen molar-refractivity contribution in [2.24, 2.45) is 0 Å². The molecule has 0 spiro atoms. The van der Waals surface area contributed by atoms with Gasteiger partial charge >= 0.3 is 6.09 Å². The standard InChI is InChI=1S/C46H48BrN15O5S/c1-27-12-17-36-37(19-27)54-38(53-36)21-49-44-56-45(55-42-35(47)20-52-62(42)44)58-22-28(2)60(29(3)23-58)46(63)66-25-30(4)68(64,65)59-18-8-9-32(24-59)61-43-39(41(48)50-26-51-43)40(57-61)31-13-15-34(16-14-31)67-33-10-6-5-7-11-33/h5-7,10-17,19-20,26,28-29,32H,4,8-9,18,21-25H2,1-3H3,(H,53,54)(H2,48,50,51)(H,49,55,56)/t28-,29+,32-/m1/s1. The number of aryl methyl sites for hydroxylation is 1. The van der Waals surface area contributed by atoms with E-state index in [2.05, 4.69) is 53.9 Å². The Morgan fingerprint density at radius 3 is 2.51 bits per heavy atom. The number of nitrogens with one attached hydrogen (secondary N) is 2. The number of nitrogen functional groups attached to an aromatic ring is 1. The summed E-state index contributed by atoms with van der Waals surface area (Å²) in [6, 6.07) is 21.9. The predicted molar refractivity (Wildman–Crippen MR) is 261 cm³/mol. The molecule has 0 unspecified atom stereocenters. The lowest BCUT2D eigenvalue weighted by Crippen LogP contribution is -2.59. The fraction of sp³-hybridized carbons (Fsp3) is 0.304. The zero-order chi connectivity index (χ0) is 47.3. The van der Waals surface area contributed by atoms with Crippen molar-refractivity contribution in [3.05, 3.63) is 113 Å². The van der Waals surface area contributed by atoms with E-state index in [0.717, 1.165) is 28.0 Å². The van der Waals surface area contributed by atoms with Crippen molar-refractivity contribution >= 4 is 77.5 Å². The number of carbonyl (C=O) groups is 1. The molecule has 3 atom stereocenters. The minimum absolute atomic E-state index is 0.0932. The Hall–Kier alpha value is -7.17. The van der Waals surface area contributed by atoms with E-state index < -0.39 is 22.7 Å². The molecule has 7 heterocycles. The molecule has 8 aromatic rings. The molecular weight excluding hydrogens is 955 g/mol. The molecule has 2 aliphatic heterocycles. The van der Waals surface area contributed by atoms with Crippen LogP contribution in [0.1, 0.15) is 44.1 Å². The van der Waals surface area contributed by atoms with Crippen LogP contribution in [0.15, 0.2) is 101 Å². The van der Waals surface area contributed by atoms with Crippen LogP contribution in [0, 0.1) is 6.92 Å². The van der Waals surface area contributed by atoms with Gasteiger partial charge in [-0.05, 0) is 104 Å². The van der Waals surface area contributed by atoms with Crippen molar-refractivity contribution in [3.63, 3.8) is 0 Å². The third-order valence-corrected chi connectivity index (χ3v) is 14.6. The van der Waals surface area contributed by atoms with Crippen LogP contribution in [0.4, 0.5) is 22.5 Å². The van der Waals surface area contributed by atoms with Crippen molar-refractivity contribution in [1.29, 1.82) is 0 Å². The van der Waals surface area contributed by atoms with Crippen LogP contribution in [0.5, 0.6) is 11.5 Å². The molecule has 2 fully saturated rings. The van der Waals surface area contributed by atoms with Gasteiger partial charge in [-0.2, -0.15) is 29.0 Å². The molecule has 350 valence electrons. The molecule has 68 heavy (non-hydrogen) atoms. The summed E-state index contributed by atoms with van der Waals surface area (Å²) in [7, 11) is -4.11. The number of imidazole rings is 1. The number of aromatic amines is 1. The second kappa shape index (κ2) is 18.1. The molecule has 22 heteroatoms. The van der Waals surface area contributed by atoms with Gasteiger partial charge in [0.15, 0.2) is 11.3 Å². The lowest BCUT2D eigenvalue weighted by Gasteiger charge is -2.43. The van der Waals surface area contributed by atoms with Crippen LogP contribution < -0.4 is 20.7 Å². The predicted octanol–water partition coefficient (Wildman–Crippen LogP) is 7.08. The number of halogens is 1. The van der Waals surface area contributed by atoms with E-state index in [1.807, 2.05) is 92.4 Å². The number of carbonyl (C=O) groups excluding carboxylic acids is 1. The largest absolute Gasteiger partial charge is 0.457 e. The number of piperidine rings is 1. The Morgan fingerprint density at radius 1 is 0.971 bits per heavy atom. The average Bonchev–Trinajstić information content (AvgIpc) is 4.05. The highest BCUT2D eigenvalue weighted by molar-refractivity contribution is 9.10. The normalized spacial score (nSPS) is 18.1. The van der Waals surface area contributed by atoms with Gasteiger partial charge in [-0.1, -0.05) is 30.8 Å². The van der Waals surface area contributed by atoms with E-state index in [4.69, 9.17) is 35.3 Å². The first-order chi connectivity index (χ1) is 32.8. The first-order valence-corrected chi connectivity index (χ1v) is 24.3. The molecule has 0 radical (unpaired) electrons. The van der Waals surface area contributed by atoms with Gasteiger partial charge in [0, 0.05) is 31.7 Å². The number of sulfonamides is 1. The number of hydrogen-bond acceptors (Lipinski definition) is 15. The summed E-state index contributed by atoms with van der Waals surface area (Å²) < 4.78 is 45.3. The number of benzene rings is 3. The van der Waals surface area contributed by atoms with Gasteiger partial charge < -0.3 is 30.4 Å². The van der Waals surface area contributed by atoms with Crippen LogP contribution in [-0.4, -0.2) is 118 Å². The van der Waals surface area contributed by atoms with Crippen LogP contribution in [0.2, 0.25) is 0 Å². The number of anilines is 3. The molecule has 0 saturated carbocycles. The number of rotatable bonds is 12. The number of piperazine rings is 1. The van der Waals surface area contributed by atoms with Gasteiger partial charge in [-0.3, -0.25) is 4.90 Å². The fourth-order valence-corrected chi connectivity index (χ4v) is 10.6. The summed E-state index contributed by atoms with van der Waals surface area (Å²) in [6.07, 6.45) is 3.57. The van der Waals surface area contributed by atoms with Crippen molar-refractivity contribution < 1.29 is 22.7 Å². The lowest BCUT2D eigenvalue weighted by molar-refractivity contribution is 0.0726. The van der Waals surface area contributed by atoms with Crippen LogP contribution in [0.25, 0.3) is 39.0 Å². The Labute approximate surface area is 399 Å². The van der Waals surface area contributed by atoms with Crippen LogP contribution in [0.3, 0.4) is 0 Å². The number of nitrogens with zero attached hydrogens (tertiary/aromatic N) is 12. The Balaban J connectivity index is 0.787. The van der Waals surface area contributed by atoms with E-state index in [9.17, 15) is 13.2 Å². The molecule has 20 nitrogen and oxygen atoms in total. The summed E-state index contributed by atoms with van der Waals surface area (Å²) in [5.41, 5.74) is 11.8. The molecule has 1 amide bonds. The number of ether oxygens (including phenoxy) is 2. The van der Waals surface area contributed by atoms with Crippen molar-refractivity contribution in [1.82, 2.24) is 58.5 Å². The summed E-state index contributed by atoms with van der Waals surface area (Å²) in [6.45, 7) is 10.7. The Morgan fingerprint density at radius 2 is 1.74 bits per heavy atom. The van der Waals surface area contributed by atoms with Gasteiger partial charge in [0.05, 0.1) is 56.7 Å². The molecule has 2 aliphatic rings. The molecule has 4 N–H and O–H groups in total. The van der Waals surface area contributed by atoms with Crippen molar-refractivity contribution in [2.45, 2.75) is 58.3 Å². The maximum Gasteiger partial charge on any atom is 0.410 e. The average molecular weight is 1000 g/mol. The first kappa shape index (κ1) is 44.7. The van der Waals surface area contributed by atoms with E-state index in [1.165, 1.54) is 10.6 Å². The van der Waals surface area contributed by atoms with E-state index in [0.29, 0.717) is 82.7 Å². The maximum absolute atomic E-state index is 14.1. The third-order valence-electron chi connectivity index (χ3n) is 12.2. The van der Waals surface area contributed by atoms with Gasteiger partial charge in [0.25, 0.3) is 0 Å². The SMILES string of the molecule is C=C(COC(=O)N1[C@H](C)CN(c2nc(NCc3nc4ccc(C)cc4[nH]3)n3ncc(Br)c3n2)C[C@@H]1C)S(=O)(=O)N1CCC[C@@H](n2nc(-c3ccc(Oc4ccccc4)cc3)c3c(N)ncnc32)C1. The van der Waals surface area contributed by atoms with Gasteiger partial charge in [0.1, 0.15) is 41.8 Å². The topological polar surface area (TPSA) is 233 Å². The minimum atomic E-state index is -4.11. The number of hydrogen-bond donors (Lipinski definition) is 3. The van der Waals surface area contributed by atoms with E-state index in [-0.39, 0.29) is 41.9 Å². The fourth-order valence-electron chi connectivity index (χ4n) is 8.93. The van der Waals surface area contributed by atoms with E-state index >= 15 is 0 Å². The number of fused-ring (bicyclic) bond motifs is 3. The molecular formula is C46H48BrN15O5S. The van der Waals surface area contributed by atoms with Gasteiger partial charge in [-0.15, -0.1) is 0 Å². The highest BCUT2D eigenvalue weighted by atomic mass is 79.9.